The molecule has 0 aliphatic carbocycles. The van der Waals surface area contributed by atoms with Gasteiger partial charge in [-0.15, -0.1) is 0 Å². The predicted octanol–water partition coefficient (Wildman–Crippen LogP) is 2.62. The summed E-state index contributed by atoms with van der Waals surface area (Å²) < 4.78 is 1.04. The number of halogens is 1. The third-order valence-corrected chi connectivity index (χ3v) is 4.07. The van der Waals surface area contributed by atoms with Crippen LogP contribution in [0.5, 0.6) is 0 Å². The molecule has 1 atom stereocenters. The van der Waals surface area contributed by atoms with Crippen molar-refractivity contribution in [3.8, 4) is 0 Å². The summed E-state index contributed by atoms with van der Waals surface area (Å²) >= 11 is 3.43. The summed E-state index contributed by atoms with van der Waals surface area (Å²) in [5, 5.41) is 8.85. The lowest BCUT2D eigenvalue weighted by Gasteiger charge is -2.21. The zero-order valence-electron chi connectivity index (χ0n) is 11.3. The summed E-state index contributed by atoms with van der Waals surface area (Å²) in [4.78, 5) is 23.9. The number of aliphatic carboxylic acids is 1. The molecule has 1 aromatic rings. The molecule has 19 heavy (non-hydrogen) atoms. The largest absolute Gasteiger partial charge is 0.480 e. The summed E-state index contributed by atoms with van der Waals surface area (Å²) in [6.07, 6.45) is 0.929. The van der Waals surface area contributed by atoms with Gasteiger partial charge in [-0.25, -0.2) is 4.79 Å². The van der Waals surface area contributed by atoms with Gasteiger partial charge in [-0.1, -0.05) is 28.1 Å². The molecule has 0 aromatic heterocycles. The van der Waals surface area contributed by atoms with Crippen LogP contribution in [0.25, 0.3) is 0 Å². The number of hydrogen-bond donors (Lipinski definition) is 1. The summed E-state index contributed by atoms with van der Waals surface area (Å²) in [5.41, 5.74) is 2.20. The van der Waals surface area contributed by atoms with Gasteiger partial charge in [-0.05, 0) is 37.5 Å². The van der Waals surface area contributed by atoms with Crippen molar-refractivity contribution in [3.05, 3.63) is 33.8 Å². The number of rotatable bonds is 5. The third kappa shape index (κ3) is 4.35. The molecule has 1 N–H and O–H groups in total. The van der Waals surface area contributed by atoms with Gasteiger partial charge in [0.25, 0.3) is 0 Å². The average molecular weight is 328 g/mol. The van der Waals surface area contributed by atoms with Crippen molar-refractivity contribution in [2.24, 2.45) is 0 Å². The van der Waals surface area contributed by atoms with Crippen LogP contribution >= 0.6 is 15.9 Å². The molecule has 104 valence electrons. The predicted molar refractivity (Wildman–Crippen MR) is 77.1 cm³/mol. The highest BCUT2D eigenvalue weighted by molar-refractivity contribution is 9.10. The minimum absolute atomic E-state index is 0.157. The summed E-state index contributed by atoms with van der Waals surface area (Å²) in [6, 6.07) is 5.15. The molecule has 5 heteroatoms. The minimum atomic E-state index is -0.990. The van der Waals surface area contributed by atoms with Gasteiger partial charge in [0.15, 0.2) is 0 Å². The first-order valence-electron chi connectivity index (χ1n) is 6.06. The third-order valence-electron chi connectivity index (χ3n) is 3.18. The van der Waals surface area contributed by atoms with E-state index in [0.717, 1.165) is 15.6 Å². The highest BCUT2D eigenvalue weighted by Crippen LogP contribution is 2.18. The van der Waals surface area contributed by atoms with Crippen molar-refractivity contribution in [1.29, 1.82) is 0 Å². The van der Waals surface area contributed by atoms with Crippen LogP contribution in [0.2, 0.25) is 0 Å². The second kappa shape index (κ2) is 6.70. The summed E-state index contributed by atoms with van der Waals surface area (Å²) in [7, 11) is 1.52. The van der Waals surface area contributed by atoms with E-state index in [1.165, 1.54) is 18.9 Å². The molecule has 0 aliphatic heterocycles. The van der Waals surface area contributed by atoms with E-state index in [1.54, 1.807) is 0 Å². The van der Waals surface area contributed by atoms with Crippen LogP contribution in [0.4, 0.5) is 0 Å². The zero-order chi connectivity index (χ0) is 14.6. The van der Waals surface area contributed by atoms with Gasteiger partial charge >= 0.3 is 5.97 Å². The van der Waals surface area contributed by atoms with E-state index in [4.69, 9.17) is 5.11 Å². The first kappa shape index (κ1) is 15.7. The van der Waals surface area contributed by atoms with Crippen LogP contribution in [0.3, 0.4) is 0 Å². The molecule has 0 radical (unpaired) electrons. The number of carboxylic acids is 1. The normalized spacial score (nSPS) is 12.0. The molecule has 1 aromatic carbocycles. The number of carboxylic acid groups (broad SMARTS) is 1. The highest BCUT2D eigenvalue weighted by atomic mass is 79.9. The Morgan fingerprint density at radius 2 is 2.05 bits per heavy atom. The Bertz CT molecular complexity index is 488. The lowest BCUT2D eigenvalue weighted by atomic mass is 10.1. The second-order valence-corrected chi connectivity index (χ2v) is 5.46. The van der Waals surface area contributed by atoms with Crippen molar-refractivity contribution < 1.29 is 14.7 Å². The number of likely N-dealkylation sites (N-methyl/N-ethyl adjacent to an activating group) is 1. The van der Waals surface area contributed by atoms with Gasteiger partial charge in [0, 0.05) is 17.9 Å². The van der Waals surface area contributed by atoms with E-state index in [1.807, 2.05) is 25.1 Å². The van der Waals surface area contributed by atoms with E-state index < -0.39 is 12.0 Å². The molecule has 1 unspecified atom stereocenters. The van der Waals surface area contributed by atoms with Gasteiger partial charge in [0.2, 0.25) is 5.91 Å². The standard InChI is InChI=1S/C14H18BrNO3/c1-9-8-11(4-6-12(9)15)5-7-13(17)16(3)10(2)14(18)19/h4,6,8,10H,5,7H2,1-3H3,(H,18,19). The Morgan fingerprint density at radius 1 is 1.42 bits per heavy atom. The number of nitrogens with zero attached hydrogens (tertiary/aromatic N) is 1. The lowest BCUT2D eigenvalue weighted by Crippen LogP contribution is -2.40. The van der Waals surface area contributed by atoms with Crippen LogP contribution in [0, 0.1) is 6.92 Å². The van der Waals surface area contributed by atoms with Crippen LogP contribution in [-0.4, -0.2) is 35.0 Å². The average Bonchev–Trinajstić information content (AvgIpc) is 2.37. The lowest BCUT2D eigenvalue weighted by molar-refractivity contribution is -0.148. The van der Waals surface area contributed by atoms with E-state index >= 15 is 0 Å². The molecule has 0 saturated heterocycles. The number of benzene rings is 1. The number of carbonyl (C=O) groups excluding carboxylic acids is 1. The molecule has 0 heterocycles. The Morgan fingerprint density at radius 3 is 2.58 bits per heavy atom. The molecule has 0 fully saturated rings. The van der Waals surface area contributed by atoms with Crippen molar-refractivity contribution in [2.45, 2.75) is 32.7 Å². The van der Waals surface area contributed by atoms with Crippen LogP contribution in [0.15, 0.2) is 22.7 Å². The SMILES string of the molecule is Cc1cc(CCC(=O)N(C)C(C)C(=O)O)ccc1Br. The molecule has 0 spiro atoms. The second-order valence-electron chi connectivity index (χ2n) is 4.60. The fourth-order valence-electron chi connectivity index (χ4n) is 1.67. The number of hydrogen-bond acceptors (Lipinski definition) is 2. The highest BCUT2D eigenvalue weighted by Gasteiger charge is 2.21. The van der Waals surface area contributed by atoms with Crippen molar-refractivity contribution in [2.75, 3.05) is 7.05 Å². The number of carbonyl (C=O) groups is 2. The Kier molecular flexibility index (Phi) is 5.54. The van der Waals surface area contributed by atoms with Crippen LogP contribution in [-0.2, 0) is 16.0 Å². The number of amides is 1. The van der Waals surface area contributed by atoms with Gasteiger partial charge < -0.3 is 10.0 Å². The fourth-order valence-corrected chi connectivity index (χ4v) is 1.92. The van der Waals surface area contributed by atoms with E-state index in [0.29, 0.717) is 12.8 Å². The zero-order valence-corrected chi connectivity index (χ0v) is 12.9. The van der Waals surface area contributed by atoms with Gasteiger partial charge in [0.05, 0.1) is 0 Å². The van der Waals surface area contributed by atoms with Crippen LogP contribution < -0.4 is 0 Å². The van der Waals surface area contributed by atoms with Crippen molar-refractivity contribution >= 4 is 27.8 Å². The maximum Gasteiger partial charge on any atom is 0.326 e. The Hall–Kier alpha value is -1.36. The maximum absolute atomic E-state index is 11.9. The molecule has 1 amide bonds. The molecule has 1 rings (SSSR count). The first-order valence-corrected chi connectivity index (χ1v) is 6.85. The van der Waals surface area contributed by atoms with Crippen LogP contribution in [0.1, 0.15) is 24.5 Å². The summed E-state index contributed by atoms with van der Waals surface area (Å²) in [5.74, 6) is -1.15. The molecular formula is C14H18BrNO3. The maximum atomic E-state index is 11.9. The quantitative estimate of drug-likeness (QED) is 0.904. The molecule has 4 nitrogen and oxygen atoms in total. The minimum Gasteiger partial charge on any atom is -0.480 e. The van der Waals surface area contributed by atoms with E-state index in [2.05, 4.69) is 15.9 Å². The molecule has 0 bridgehead atoms. The smallest absolute Gasteiger partial charge is 0.326 e. The Balaban J connectivity index is 2.59. The van der Waals surface area contributed by atoms with E-state index in [9.17, 15) is 9.59 Å². The fraction of sp³-hybridized carbons (Fsp3) is 0.429. The first-order chi connectivity index (χ1) is 8.82. The summed E-state index contributed by atoms with van der Waals surface area (Å²) in [6.45, 7) is 3.50. The van der Waals surface area contributed by atoms with Gasteiger partial charge in [-0.2, -0.15) is 0 Å². The molecular weight excluding hydrogens is 310 g/mol. The Labute approximate surface area is 121 Å². The van der Waals surface area contributed by atoms with E-state index in [-0.39, 0.29) is 5.91 Å². The number of aryl methyl sites for hydroxylation is 2. The topological polar surface area (TPSA) is 57.6 Å². The van der Waals surface area contributed by atoms with Crippen molar-refractivity contribution in [1.82, 2.24) is 4.90 Å². The molecule has 0 aliphatic rings. The van der Waals surface area contributed by atoms with Gasteiger partial charge in [0.1, 0.15) is 6.04 Å². The molecule has 0 saturated carbocycles. The van der Waals surface area contributed by atoms with Crippen molar-refractivity contribution in [3.63, 3.8) is 0 Å². The monoisotopic (exact) mass is 327 g/mol. The van der Waals surface area contributed by atoms with Gasteiger partial charge in [-0.3, -0.25) is 4.79 Å².